The van der Waals surface area contributed by atoms with Gasteiger partial charge in [0.05, 0.1) is 19.8 Å². The Hall–Kier alpha value is -0.900. The molecule has 1 N–H and O–H groups in total. The number of benzene rings is 1. The normalized spacial score (nSPS) is 25.2. The molecule has 15 heavy (non-hydrogen) atoms. The van der Waals surface area contributed by atoms with E-state index in [1.165, 1.54) is 16.7 Å². The Bertz CT molecular complexity index is 359. The van der Waals surface area contributed by atoms with E-state index in [1.807, 2.05) is 0 Å². The van der Waals surface area contributed by atoms with Gasteiger partial charge >= 0.3 is 0 Å². The van der Waals surface area contributed by atoms with Crippen LogP contribution < -0.4 is 5.32 Å². The molecule has 1 fully saturated rings. The number of hydrogen-bond acceptors (Lipinski definition) is 3. The Morgan fingerprint density at radius 3 is 2.93 bits per heavy atom. The molecule has 1 atom stereocenters. The molecular weight excluding hydrogens is 190 g/mol. The molecule has 2 aliphatic rings. The predicted octanol–water partition coefficient (Wildman–Crippen LogP) is 1.38. The van der Waals surface area contributed by atoms with Crippen molar-refractivity contribution in [2.75, 3.05) is 19.8 Å². The molecule has 80 valence electrons. The summed E-state index contributed by atoms with van der Waals surface area (Å²) in [7, 11) is 0. The highest BCUT2D eigenvalue weighted by atomic mass is 16.6. The van der Waals surface area contributed by atoms with Crippen molar-refractivity contribution in [3.63, 3.8) is 0 Å². The van der Waals surface area contributed by atoms with Gasteiger partial charge in [0.1, 0.15) is 6.10 Å². The highest BCUT2D eigenvalue weighted by Crippen LogP contribution is 2.25. The summed E-state index contributed by atoms with van der Waals surface area (Å²) in [6, 6.07) is 6.60. The maximum Gasteiger partial charge on any atom is 0.106 e. The highest BCUT2D eigenvalue weighted by molar-refractivity contribution is 5.35. The van der Waals surface area contributed by atoms with Crippen LogP contribution in [0.4, 0.5) is 0 Å². The van der Waals surface area contributed by atoms with Crippen LogP contribution in [-0.4, -0.2) is 19.8 Å². The Labute approximate surface area is 89.4 Å². The first-order chi connectivity index (χ1) is 7.43. The molecule has 0 spiro atoms. The van der Waals surface area contributed by atoms with Crippen molar-refractivity contribution in [3.8, 4) is 0 Å². The van der Waals surface area contributed by atoms with Crippen molar-refractivity contribution in [1.82, 2.24) is 5.32 Å². The lowest BCUT2D eigenvalue weighted by molar-refractivity contribution is -0.0901. The SMILES string of the molecule is c1cc2c(cc1C1COCCO1)CNC2. The third kappa shape index (κ3) is 1.78. The minimum Gasteiger partial charge on any atom is -0.376 e. The third-order valence-electron chi connectivity index (χ3n) is 3.05. The minimum absolute atomic E-state index is 0.129. The van der Waals surface area contributed by atoms with Crippen LogP contribution in [0.5, 0.6) is 0 Å². The fraction of sp³-hybridized carbons (Fsp3) is 0.500. The van der Waals surface area contributed by atoms with E-state index in [2.05, 4.69) is 23.5 Å². The van der Waals surface area contributed by atoms with Gasteiger partial charge in [0.25, 0.3) is 0 Å². The molecule has 3 nitrogen and oxygen atoms in total. The lowest BCUT2D eigenvalue weighted by Gasteiger charge is -2.23. The number of nitrogens with one attached hydrogen (secondary N) is 1. The molecular formula is C12H15NO2. The molecule has 1 aromatic carbocycles. The second kappa shape index (κ2) is 3.93. The van der Waals surface area contributed by atoms with Crippen molar-refractivity contribution < 1.29 is 9.47 Å². The Kier molecular flexibility index (Phi) is 2.44. The van der Waals surface area contributed by atoms with Crippen LogP contribution in [-0.2, 0) is 22.6 Å². The zero-order chi connectivity index (χ0) is 10.1. The molecule has 0 amide bonds. The first kappa shape index (κ1) is 9.33. The van der Waals surface area contributed by atoms with Gasteiger partial charge in [0, 0.05) is 13.1 Å². The lowest BCUT2D eigenvalue weighted by atomic mass is 10.0. The summed E-state index contributed by atoms with van der Waals surface area (Å²) >= 11 is 0. The molecule has 0 radical (unpaired) electrons. The molecule has 1 saturated heterocycles. The first-order valence-corrected chi connectivity index (χ1v) is 5.45. The van der Waals surface area contributed by atoms with Gasteiger partial charge in [-0.15, -0.1) is 0 Å². The van der Waals surface area contributed by atoms with E-state index >= 15 is 0 Å². The van der Waals surface area contributed by atoms with E-state index in [0.717, 1.165) is 19.7 Å². The van der Waals surface area contributed by atoms with Gasteiger partial charge in [0.15, 0.2) is 0 Å². The quantitative estimate of drug-likeness (QED) is 0.751. The van der Waals surface area contributed by atoms with Crippen LogP contribution in [0.25, 0.3) is 0 Å². The van der Waals surface area contributed by atoms with Crippen LogP contribution in [0, 0.1) is 0 Å². The van der Waals surface area contributed by atoms with E-state index in [1.54, 1.807) is 0 Å². The molecule has 3 heteroatoms. The van der Waals surface area contributed by atoms with Gasteiger partial charge in [0.2, 0.25) is 0 Å². The summed E-state index contributed by atoms with van der Waals surface area (Å²) in [6.45, 7) is 4.10. The van der Waals surface area contributed by atoms with Gasteiger partial charge in [-0.3, -0.25) is 0 Å². The van der Waals surface area contributed by atoms with Crippen LogP contribution in [0.1, 0.15) is 22.8 Å². The van der Waals surface area contributed by atoms with E-state index in [9.17, 15) is 0 Å². The van der Waals surface area contributed by atoms with E-state index in [4.69, 9.17) is 9.47 Å². The second-order valence-electron chi connectivity index (χ2n) is 4.07. The standard InChI is InChI=1S/C12H15NO2/c1-2-10-6-13-7-11(10)5-9(1)12-8-14-3-4-15-12/h1-2,5,12-13H,3-4,6-8H2. The van der Waals surface area contributed by atoms with Gasteiger partial charge in [-0.05, 0) is 16.7 Å². The van der Waals surface area contributed by atoms with Crippen molar-refractivity contribution in [3.05, 3.63) is 34.9 Å². The fourth-order valence-electron chi connectivity index (χ4n) is 2.20. The lowest BCUT2D eigenvalue weighted by Crippen LogP contribution is -2.22. The van der Waals surface area contributed by atoms with E-state index < -0.39 is 0 Å². The molecule has 0 aromatic heterocycles. The van der Waals surface area contributed by atoms with Crippen LogP contribution in [0.2, 0.25) is 0 Å². The molecule has 1 aromatic rings. The van der Waals surface area contributed by atoms with Crippen molar-refractivity contribution in [2.45, 2.75) is 19.2 Å². The smallest absolute Gasteiger partial charge is 0.106 e. The largest absolute Gasteiger partial charge is 0.376 e. The van der Waals surface area contributed by atoms with Gasteiger partial charge < -0.3 is 14.8 Å². The van der Waals surface area contributed by atoms with Crippen LogP contribution >= 0.6 is 0 Å². The maximum atomic E-state index is 5.68. The number of hydrogen-bond donors (Lipinski definition) is 1. The van der Waals surface area contributed by atoms with Crippen LogP contribution in [0.15, 0.2) is 18.2 Å². The number of fused-ring (bicyclic) bond motifs is 1. The van der Waals surface area contributed by atoms with E-state index in [0.29, 0.717) is 13.2 Å². The van der Waals surface area contributed by atoms with Crippen molar-refractivity contribution in [2.24, 2.45) is 0 Å². The van der Waals surface area contributed by atoms with Gasteiger partial charge in [-0.25, -0.2) is 0 Å². The molecule has 1 unspecified atom stereocenters. The van der Waals surface area contributed by atoms with Gasteiger partial charge in [-0.2, -0.15) is 0 Å². The maximum absolute atomic E-state index is 5.68. The number of rotatable bonds is 1. The molecule has 2 aliphatic heterocycles. The Morgan fingerprint density at radius 1 is 1.13 bits per heavy atom. The summed E-state index contributed by atoms with van der Waals surface area (Å²) in [5.41, 5.74) is 4.06. The highest BCUT2D eigenvalue weighted by Gasteiger charge is 2.18. The predicted molar refractivity (Wildman–Crippen MR) is 56.5 cm³/mol. The zero-order valence-corrected chi connectivity index (χ0v) is 8.66. The topological polar surface area (TPSA) is 30.5 Å². The second-order valence-corrected chi connectivity index (χ2v) is 4.07. The summed E-state index contributed by atoms with van der Waals surface area (Å²) in [5, 5.41) is 3.35. The zero-order valence-electron chi connectivity index (χ0n) is 8.66. The average Bonchev–Trinajstić information content (AvgIpc) is 2.77. The molecule has 3 rings (SSSR count). The summed E-state index contributed by atoms with van der Waals surface area (Å²) in [4.78, 5) is 0. The van der Waals surface area contributed by atoms with E-state index in [-0.39, 0.29) is 6.10 Å². The monoisotopic (exact) mass is 205 g/mol. The molecule has 0 saturated carbocycles. The fourth-order valence-corrected chi connectivity index (χ4v) is 2.20. The summed E-state index contributed by atoms with van der Waals surface area (Å²) in [5.74, 6) is 0. The first-order valence-electron chi connectivity index (χ1n) is 5.45. The van der Waals surface area contributed by atoms with Crippen molar-refractivity contribution in [1.29, 1.82) is 0 Å². The summed E-state index contributed by atoms with van der Waals surface area (Å²) < 4.78 is 11.1. The van der Waals surface area contributed by atoms with Crippen molar-refractivity contribution >= 4 is 0 Å². The summed E-state index contributed by atoms with van der Waals surface area (Å²) in [6.07, 6.45) is 0.129. The third-order valence-corrected chi connectivity index (χ3v) is 3.05. The number of ether oxygens (including phenoxy) is 2. The molecule has 0 aliphatic carbocycles. The molecule has 0 bridgehead atoms. The Balaban J connectivity index is 1.85. The Morgan fingerprint density at radius 2 is 2.07 bits per heavy atom. The van der Waals surface area contributed by atoms with Gasteiger partial charge in [-0.1, -0.05) is 18.2 Å². The van der Waals surface area contributed by atoms with Crippen LogP contribution in [0.3, 0.4) is 0 Å². The minimum atomic E-state index is 0.129. The molecule has 2 heterocycles. The average molecular weight is 205 g/mol.